The summed E-state index contributed by atoms with van der Waals surface area (Å²) in [5, 5.41) is 4.00. The Labute approximate surface area is 207 Å². The SMILES string of the molecule is Cc1cc([C@@H]2[C@H](c3ccccn3)NC(=S)N2c2ccccc2)c(C)n1-c1cccc(C(F)(F)F)c1. The number of halogens is 3. The Morgan fingerprint density at radius 1 is 0.886 bits per heavy atom. The van der Waals surface area contributed by atoms with Crippen LogP contribution in [0.2, 0.25) is 0 Å². The number of pyridine rings is 1. The quantitative estimate of drug-likeness (QED) is 0.322. The van der Waals surface area contributed by atoms with Gasteiger partial charge in [0.15, 0.2) is 5.11 Å². The van der Waals surface area contributed by atoms with E-state index >= 15 is 0 Å². The first-order valence-electron chi connectivity index (χ1n) is 11.2. The van der Waals surface area contributed by atoms with Gasteiger partial charge in [0, 0.05) is 29.0 Å². The first-order valence-corrected chi connectivity index (χ1v) is 11.6. The molecule has 2 aromatic carbocycles. The van der Waals surface area contributed by atoms with E-state index in [4.69, 9.17) is 12.2 Å². The summed E-state index contributed by atoms with van der Waals surface area (Å²) in [6.45, 7) is 3.84. The molecule has 1 N–H and O–H groups in total. The van der Waals surface area contributed by atoms with Gasteiger partial charge in [0.2, 0.25) is 0 Å². The van der Waals surface area contributed by atoms with E-state index in [9.17, 15) is 13.2 Å². The van der Waals surface area contributed by atoms with Crippen molar-refractivity contribution >= 4 is 23.0 Å². The zero-order valence-electron chi connectivity index (χ0n) is 19.1. The van der Waals surface area contributed by atoms with Crippen LogP contribution >= 0.6 is 12.2 Å². The maximum atomic E-state index is 13.4. The highest BCUT2D eigenvalue weighted by Gasteiger charge is 2.42. The average molecular weight is 493 g/mol. The van der Waals surface area contributed by atoms with Crippen molar-refractivity contribution in [2.45, 2.75) is 32.1 Å². The second-order valence-electron chi connectivity index (χ2n) is 8.54. The summed E-state index contributed by atoms with van der Waals surface area (Å²) >= 11 is 5.77. The van der Waals surface area contributed by atoms with E-state index in [1.54, 1.807) is 12.3 Å². The molecule has 1 saturated heterocycles. The molecule has 0 bridgehead atoms. The fraction of sp³-hybridized carbons (Fsp3) is 0.185. The number of nitrogens with zero attached hydrogens (tertiary/aromatic N) is 3. The van der Waals surface area contributed by atoms with Crippen LogP contribution in [0.3, 0.4) is 0 Å². The van der Waals surface area contributed by atoms with Crippen molar-refractivity contribution in [1.82, 2.24) is 14.9 Å². The Hall–Kier alpha value is -3.65. The summed E-state index contributed by atoms with van der Waals surface area (Å²) in [6.07, 6.45) is -2.67. The number of benzene rings is 2. The lowest BCUT2D eigenvalue weighted by Gasteiger charge is -2.28. The minimum Gasteiger partial charge on any atom is -0.351 e. The van der Waals surface area contributed by atoms with E-state index in [1.165, 1.54) is 12.1 Å². The second-order valence-corrected chi connectivity index (χ2v) is 8.93. The second kappa shape index (κ2) is 8.85. The Balaban J connectivity index is 1.67. The van der Waals surface area contributed by atoms with Crippen molar-refractivity contribution in [2.75, 3.05) is 4.90 Å². The van der Waals surface area contributed by atoms with Crippen LogP contribution in [0.25, 0.3) is 5.69 Å². The molecule has 1 fully saturated rings. The van der Waals surface area contributed by atoms with Crippen LogP contribution in [0.15, 0.2) is 85.1 Å². The van der Waals surface area contributed by atoms with Gasteiger partial charge in [0.1, 0.15) is 0 Å². The van der Waals surface area contributed by atoms with Gasteiger partial charge in [-0.15, -0.1) is 0 Å². The highest BCUT2D eigenvalue weighted by atomic mass is 32.1. The van der Waals surface area contributed by atoms with Crippen molar-refractivity contribution < 1.29 is 13.2 Å². The van der Waals surface area contributed by atoms with E-state index < -0.39 is 11.7 Å². The van der Waals surface area contributed by atoms with Crippen LogP contribution in [0, 0.1) is 13.8 Å². The van der Waals surface area contributed by atoms with Gasteiger partial charge in [-0.25, -0.2) is 0 Å². The van der Waals surface area contributed by atoms with E-state index in [0.717, 1.165) is 34.4 Å². The number of hydrogen-bond donors (Lipinski definition) is 1. The topological polar surface area (TPSA) is 33.1 Å². The van der Waals surface area contributed by atoms with Crippen LogP contribution in [-0.2, 0) is 6.18 Å². The number of thiocarbonyl (C=S) groups is 1. The largest absolute Gasteiger partial charge is 0.416 e. The molecular formula is C27H23F3N4S. The maximum absolute atomic E-state index is 13.4. The summed E-state index contributed by atoms with van der Waals surface area (Å²) in [6, 6.07) is 22.5. The lowest BCUT2D eigenvalue weighted by atomic mass is 9.96. The minimum atomic E-state index is -4.41. The summed E-state index contributed by atoms with van der Waals surface area (Å²) in [5.41, 5.74) is 4.20. The molecule has 5 rings (SSSR count). The molecule has 0 spiro atoms. The summed E-state index contributed by atoms with van der Waals surface area (Å²) < 4.78 is 42.1. The molecule has 1 aliphatic heterocycles. The van der Waals surface area contributed by atoms with Crippen LogP contribution < -0.4 is 10.2 Å². The Morgan fingerprint density at radius 3 is 2.29 bits per heavy atom. The van der Waals surface area contributed by atoms with Crippen molar-refractivity contribution in [3.05, 3.63) is 113 Å². The molecule has 0 saturated carbocycles. The van der Waals surface area contributed by atoms with Crippen LogP contribution in [0.4, 0.5) is 18.9 Å². The van der Waals surface area contributed by atoms with E-state index in [-0.39, 0.29) is 12.1 Å². The van der Waals surface area contributed by atoms with Gasteiger partial charge in [-0.05, 0) is 80.2 Å². The molecule has 0 amide bonds. The van der Waals surface area contributed by atoms with Gasteiger partial charge in [-0.1, -0.05) is 30.3 Å². The fourth-order valence-electron chi connectivity index (χ4n) is 4.84. The van der Waals surface area contributed by atoms with Crippen molar-refractivity contribution in [3.8, 4) is 5.69 Å². The molecule has 8 heteroatoms. The normalized spacial score (nSPS) is 18.1. The molecule has 0 unspecified atom stereocenters. The number of anilines is 1. The maximum Gasteiger partial charge on any atom is 0.416 e. The third-order valence-electron chi connectivity index (χ3n) is 6.35. The fourth-order valence-corrected chi connectivity index (χ4v) is 5.19. The molecule has 1 aliphatic rings. The lowest BCUT2D eigenvalue weighted by molar-refractivity contribution is -0.137. The number of hydrogen-bond acceptors (Lipinski definition) is 2. The Kier molecular flexibility index (Phi) is 5.84. The summed E-state index contributed by atoms with van der Waals surface area (Å²) in [4.78, 5) is 6.64. The number of aryl methyl sites for hydroxylation is 1. The number of aromatic nitrogens is 2. The number of para-hydroxylation sites is 1. The Morgan fingerprint density at radius 2 is 1.60 bits per heavy atom. The van der Waals surface area contributed by atoms with Crippen LogP contribution in [0.1, 0.15) is 40.3 Å². The monoisotopic (exact) mass is 492 g/mol. The predicted octanol–water partition coefficient (Wildman–Crippen LogP) is 6.69. The molecule has 4 aromatic rings. The number of rotatable bonds is 4. The van der Waals surface area contributed by atoms with E-state index in [1.807, 2.05) is 73.0 Å². The molecule has 35 heavy (non-hydrogen) atoms. The van der Waals surface area contributed by atoms with Crippen LogP contribution in [-0.4, -0.2) is 14.7 Å². The number of nitrogens with one attached hydrogen (secondary N) is 1. The molecule has 0 aliphatic carbocycles. The van der Waals surface area contributed by atoms with Gasteiger partial charge in [0.25, 0.3) is 0 Å². The summed E-state index contributed by atoms with van der Waals surface area (Å²) in [5.74, 6) is 0. The van der Waals surface area contributed by atoms with Crippen molar-refractivity contribution in [1.29, 1.82) is 0 Å². The van der Waals surface area contributed by atoms with Crippen molar-refractivity contribution in [2.24, 2.45) is 0 Å². The van der Waals surface area contributed by atoms with Crippen LogP contribution in [0.5, 0.6) is 0 Å². The van der Waals surface area contributed by atoms with E-state index in [2.05, 4.69) is 15.2 Å². The highest BCUT2D eigenvalue weighted by Crippen LogP contribution is 2.43. The Bertz CT molecular complexity index is 1370. The average Bonchev–Trinajstić information content (AvgIpc) is 3.34. The first-order chi connectivity index (χ1) is 16.8. The van der Waals surface area contributed by atoms with Gasteiger partial charge in [-0.3, -0.25) is 4.98 Å². The zero-order chi connectivity index (χ0) is 24.7. The molecule has 2 aromatic heterocycles. The molecule has 0 radical (unpaired) electrons. The van der Waals surface area contributed by atoms with E-state index in [0.29, 0.717) is 10.8 Å². The third-order valence-corrected chi connectivity index (χ3v) is 6.67. The highest BCUT2D eigenvalue weighted by molar-refractivity contribution is 7.80. The lowest BCUT2D eigenvalue weighted by Crippen LogP contribution is -2.29. The standard InChI is InChI=1S/C27H23F3N4S/c1-17-15-22(18(2)33(17)21-12-8-9-19(16-21)27(28,29)30)25-24(23-13-6-7-14-31-23)32-26(35)34(25)20-10-4-3-5-11-20/h3-16,24-25H,1-2H3,(H,32,35)/t24-,25+/m0/s1. The smallest absolute Gasteiger partial charge is 0.351 e. The van der Waals surface area contributed by atoms with Gasteiger partial charge in [0.05, 0.1) is 23.3 Å². The van der Waals surface area contributed by atoms with Gasteiger partial charge < -0.3 is 14.8 Å². The zero-order valence-corrected chi connectivity index (χ0v) is 19.9. The molecule has 178 valence electrons. The first kappa shape index (κ1) is 23.1. The number of alkyl halides is 3. The summed E-state index contributed by atoms with van der Waals surface area (Å²) in [7, 11) is 0. The third kappa shape index (κ3) is 4.18. The molecule has 2 atom stereocenters. The predicted molar refractivity (Wildman–Crippen MR) is 135 cm³/mol. The molecular weight excluding hydrogens is 469 g/mol. The molecule has 4 nitrogen and oxygen atoms in total. The van der Waals surface area contributed by atoms with Gasteiger partial charge in [-0.2, -0.15) is 13.2 Å². The van der Waals surface area contributed by atoms with Crippen molar-refractivity contribution in [3.63, 3.8) is 0 Å². The minimum absolute atomic E-state index is 0.237. The van der Waals surface area contributed by atoms with Gasteiger partial charge >= 0.3 is 6.18 Å². The molecule has 3 heterocycles.